The molecule has 1 N–H and O–H groups in total. The van der Waals surface area contributed by atoms with E-state index < -0.39 is 12.7 Å². The molecule has 1 aliphatic rings. The van der Waals surface area contributed by atoms with Crippen molar-refractivity contribution in [2.75, 3.05) is 5.32 Å². The standard InChI is InChI=1S/C14H20F3N3O/c15-14(16,17)10-20-9-12(8-18-20)19-13(21)7-6-11-4-2-1-3-5-11/h8-9,11H,1-7,10H2,(H,19,21). The molecule has 0 radical (unpaired) electrons. The van der Waals surface area contributed by atoms with Crippen LogP contribution in [0.5, 0.6) is 0 Å². The number of alkyl halides is 3. The van der Waals surface area contributed by atoms with E-state index in [0.717, 1.165) is 11.1 Å². The van der Waals surface area contributed by atoms with Gasteiger partial charge in [-0.2, -0.15) is 18.3 Å². The van der Waals surface area contributed by atoms with Gasteiger partial charge in [-0.25, -0.2) is 0 Å². The SMILES string of the molecule is O=C(CCC1CCCCC1)Nc1cnn(CC(F)(F)F)c1. The minimum atomic E-state index is -4.31. The number of hydrogen-bond donors (Lipinski definition) is 1. The molecule has 1 aromatic rings. The molecule has 0 aromatic carbocycles. The highest BCUT2D eigenvalue weighted by atomic mass is 19.4. The third kappa shape index (κ3) is 5.77. The van der Waals surface area contributed by atoms with E-state index in [-0.39, 0.29) is 5.91 Å². The van der Waals surface area contributed by atoms with Crippen LogP contribution in [-0.2, 0) is 11.3 Å². The molecule has 1 fully saturated rings. The Balaban J connectivity index is 1.74. The van der Waals surface area contributed by atoms with Gasteiger partial charge in [-0.15, -0.1) is 0 Å². The van der Waals surface area contributed by atoms with Gasteiger partial charge in [-0.3, -0.25) is 9.48 Å². The van der Waals surface area contributed by atoms with E-state index in [1.807, 2.05) is 0 Å². The smallest absolute Gasteiger partial charge is 0.323 e. The number of amides is 1. The Kier molecular flexibility index (Phi) is 5.25. The highest BCUT2D eigenvalue weighted by Crippen LogP contribution is 2.27. The molecule has 0 spiro atoms. The minimum Gasteiger partial charge on any atom is -0.323 e. The van der Waals surface area contributed by atoms with Gasteiger partial charge < -0.3 is 5.32 Å². The van der Waals surface area contributed by atoms with Crippen LogP contribution >= 0.6 is 0 Å². The number of hydrogen-bond acceptors (Lipinski definition) is 2. The van der Waals surface area contributed by atoms with Crippen LogP contribution in [0.25, 0.3) is 0 Å². The lowest BCUT2D eigenvalue weighted by molar-refractivity contribution is -0.142. The molecule has 0 bridgehead atoms. The number of halogens is 3. The van der Waals surface area contributed by atoms with Crippen molar-refractivity contribution >= 4 is 11.6 Å². The summed E-state index contributed by atoms with van der Waals surface area (Å²) < 4.78 is 37.3. The number of nitrogens with one attached hydrogen (secondary N) is 1. The molecular weight excluding hydrogens is 283 g/mol. The van der Waals surface area contributed by atoms with Gasteiger partial charge in [0.05, 0.1) is 11.9 Å². The van der Waals surface area contributed by atoms with Crippen molar-refractivity contribution in [3.63, 3.8) is 0 Å². The van der Waals surface area contributed by atoms with Gasteiger partial charge in [-0.05, 0) is 12.3 Å². The van der Waals surface area contributed by atoms with Crippen LogP contribution in [0.1, 0.15) is 44.9 Å². The van der Waals surface area contributed by atoms with E-state index in [4.69, 9.17) is 0 Å². The van der Waals surface area contributed by atoms with Gasteiger partial charge in [-0.1, -0.05) is 32.1 Å². The molecule has 1 heterocycles. The van der Waals surface area contributed by atoms with Crippen LogP contribution < -0.4 is 5.32 Å². The maximum absolute atomic E-state index is 12.2. The minimum absolute atomic E-state index is 0.160. The topological polar surface area (TPSA) is 46.9 Å². The van der Waals surface area contributed by atoms with Crippen LogP contribution in [0.2, 0.25) is 0 Å². The fourth-order valence-corrected chi connectivity index (χ4v) is 2.73. The fraction of sp³-hybridized carbons (Fsp3) is 0.714. The first-order chi connectivity index (χ1) is 9.92. The summed E-state index contributed by atoms with van der Waals surface area (Å²) in [5.74, 6) is 0.449. The average molecular weight is 303 g/mol. The van der Waals surface area contributed by atoms with Crippen LogP contribution in [0.3, 0.4) is 0 Å². The summed E-state index contributed by atoms with van der Waals surface area (Å²) in [6.45, 7) is -1.15. The average Bonchev–Trinajstić information content (AvgIpc) is 2.82. The number of rotatable bonds is 5. The van der Waals surface area contributed by atoms with Crippen molar-refractivity contribution in [3.8, 4) is 0 Å². The third-order valence-electron chi connectivity index (χ3n) is 3.76. The lowest BCUT2D eigenvalue weighted by Gasteiger charge is -2.20. The maximum atomic E-state index is 12.2. The molecule has 4 nitrogen and oxygen atoms in total. The van der Waals surface area contributed by atoms with Gasteiger partial charge >= 0.3 is 6.18 Å². The summed E-state index contributed by atoms with van der Waals surface area (Å²) >= 11 is 0. The first-order valence-corrected chi connectivity index (χ1v) is 7.31. The normalized spacial score (nSPS) is 16.9. The summed E-state index contributed by atoms with van der Waals surface area (Å²) in [5, 5.41) is 6.18. The largest absolute Gasteiger partial charge is 0.408 e. The highest BCUT2D eigenvalue weighted by molar-refractivity contribution is 5.90. The summed E-state index contributed by atoms with van der Waals surface area (Å²) in [7, 11) is 0. The summed E-state index contributed by atoms with van der Waals surface area (Å²) in [4.78, 5) is 11.8. The molecule has 0 atom stereocenters. The van der Waals surface area contributed by atoms with Crippen molar-refractivity contribution in [1.82, 2.24) is 9.78 Å². The van der Waals surface area contributed by atoms with Crippen LogP contribution in [0.4, 0.5) is 18.9 Å². The molecule has 118 valence electrons. The third-order valence-corrected chi connectivity index (χ3v) is 3.76. The first-order valence-electron chi connectivity index (χ1n) is 7.31. The molecule has 1 amide bonds. The number of anilines is 1. The Labute approximate surface area is 121 Å². The van der Waals surface area contributed by atoms with E-state index in [2.05, 4.69) is 10.4 Å². The van der Waals surface area contributed by atoms with E-state index in [9.17, 15) is 18.0 Å². The quantitative estimate of drug-likeness (QED) is 0.900. The summed E-state index contributed by atoms with van der Waals surface area (Å²) in [6.07, 6.45) is 5.49. The zero-order valence-corrected chi connectivity index (χ0v) is 11.8. The molecule has 1 aliphatic carbocycles. The van der Waals surface area contributed by atoms with Crippen molar-refractivity contribution in [1.29, 1.82) is 0 Å². The zero-order chi connectivity index (χ0) is 15.3. The number of aromatic nitrogens is 2. The summed E-state index contributed by atoms with van der Waals surface area (Å²) in [5.41, 5.74) is 0.313. The van der Waals surface area contributed by atoms with Crippen molar-refractivity contribution in [2.24, 2.45) is 5.92 Å². The monoisotopic (exact) mass is 303 g/mol. The van der Waals surface area contributed by atoms with Crippen LogP contribution in [-0.4, -0.2) is 21.9 Å². The van der Waals surface area contributed by atoms with E-state index in [1.165, 1.54) is 44.5 Å². The predicted octanol–water partition coefficient (Wildman–Crippen LogP) is 3.74. The van der Waals surface area contributed by atoms with Gasteiger partial charge in [0.15, 0.2) is 0 Å². The Morgan fingerprint density at radius 1 is 1.33 bits per heavy atom. The molecule has 1 saturated carbocycles. The van der Waals surface area contributed by atoms with Crippen molar-refractivity contribution in [3.05, 3.63) is 12.4 Å². The van der Waals surface area contributed by atoms with Gasteiger partial charge in [0.2, 0.25) is 5.91 Å². The highest BCUT2D eigenvalue weighted by Gasteiger charge is 2.28. The lowest BCUT2D eigenvalue weighted by atomic mass is 9.86. The van der Waals surface area contributed by atoms with Crippen LogP contribution in [0, 0.1) is 5.92 Å². The number of carbonyl (C=O) groups excluding carboxylic acids is 1. The number of nitrogens with zero attached hydrogens (tertiary/aromatic N) is 2. The molecule has 7 heteroatoms. The van der Waals surface area contributed by atoms with Gasteiger partial charge in [0.25, 0.3) is 0 Å². The summed E-state index contributed by atoms with van der Waals surface area (Å²) in [6, 6.07) is 0. The van der Waals surface area contributed by atoms with Gasteiger partial charge in [0.1, 0.15) is 6.54 Å². The Morgan fingerprint density at radius 3 is 2.71 bits per heavy atom. The molecule has 0 unspecified atom stereocenters. The Morgan fingerprint density at radius 2 is 2.05 bits per heavy atom. The fourth-order valence-electron chi connectivity index (χ4n) is 2.73. The molecular formula is C14H20F3N3O. The zero-order valence-electron chi connectivity index (χ0n) is 11.8. The molecule has 0 aliphatic heterocycles. The van der Waals surface area contributed by atoms with Crippen molar-refractivity contribution < 1.29 is 18.0 Å². The Bertz CT molecular complexity index is 464. The molecule has 2 rings (SSSR count). The second kappa shape index (κ2) is 6.95. The number of carbonyl (C=O) groups is 1. The van der Waals surface area contributed by atoms with E-state index in [1.54, 1.807) is 0 Å². The molecule has 21 heavy (non-hydrogen) atoms. The van der Waals surface area contributed by atoms with Crippen molar-refractivity contribution in [2.45, 2.75) is 57.7 Å². The molecule has 0 saturated heterocycles. The lowest BCUT2D eigenvalue weighted by Crippen LogP contribution is -2.18. The maximum Gasteiger partial charge on any atom is 0.408 e. The van der Waals surface area contributed by atoms with E-state index >= 15 is 0 Å². The second-order valence-corrected chi connectivity index (χ2v) is 5.63. The van der Waals surface area contributed by atoms with E-state index in [0.29, 0.717) is 18.0 Å². The first kappa shape index (κ1) is 15.9. The second-order valence-electron chi connectivity index (χ2n) is 5.63. The predicted molar refractivity (Wildman–Crippen MR) is 72.7 cm³/mol. The van der Waals surface area contributed by atoms with Crippen LogP contribution in [0.15, 0.2) is 12.4 Å². The van der Waals surface area contributed by atoms with Gasteiger partial charge in [0, 0.05) is 12.6 Å². The molecule has 1 aromatic heterocycles. The Hall–Kier alpha value is -1.53.